The maximum absolute atomic E-state index is 12.5. The van der Waals surface area contributed by atoms with E-state index in [0.29, 0.717) is 11.1 Å². The predicted octanol–water partition coefficient (Wildman–Crippen LogP) is 2.44. The maximum atomic E-state index is 12.5. The number of carbonyl (C=O) groups is 2. The van der Waals surface area contributed by atoms with Crippen LogP contribution in [0, 0.1) is 0 Å². The van der Waals surface area contributed by atoms with Crippen LogP contribution in [0.25, 0.3) is 11.1 Å². The molecule has 2 aliphatic rings. The molecular weight excluding hydrogens is 404 g/mol. The van der Waals surface area contributed by atoms with E-state index in [-0.39, 0.29) is 24.1 Å². The van der Waals surface area contributed by atoms with Crippen LogP contribution in [0.15, 0.2) is 48.5 Å². The Morgan fingerprint density at radius 1 is 0.750 bits per heavy atom. The average molecular weight is 438 g/mol. The van der Waals surface area contributed by atoms with E-state index in [2.05, 4.69) is 19.0 Å². The van der Waals surface area contributed by atoms with Crippen molar-refractivity contribution in [3.8, 4) is 11.1 Å². The van der Waals surface area contributed by atoms with Gasteiger partial charge in [-0.2, -0.15) is 0 Å². The molecule has 32 heavy (non-hydrogen) atoms. The molecule has 170 valence electrons. The Kier molecular flexibility index (Phi) is 7.22. The summed E-state index contributed by atoms with van der Waals surface area (Å²) in [5.41, 5.74) is 3.10. The van der Waals surface area contributed by atoms with Gasteiger partial charge in [0.2, 0.25) is 0 Å². The number of quaternary nitrogens is 1. The Labute approximate surface area is 190 Å². The number of likely N-dealkylation sites (tertiary alicyclic amines) is 2. The number of nitrogens with one attached hydrogen (secondary N) is 1. The molecule has 2 aromatic rings. The third-order valence-electron chi connectivity index (χ3n) is 6.57. The number of benzene rings is 2. The summed E-state index contributed by atoms with van der Waals surface area (Å²) in [7, 11) is 4.25. The number of hydrogen-bond donors (Lipinski definition) is 1. The van der Waals surface area contributed by atoms with E-state index in [0.717, 1.165) is 63.0 Å². The van der Waals surface area contributed by atoms with Gasteiger partial charge in [-0.15, -0.1) is 0 Å². The van der Waals surface area contributed by atoms with Crippen molar-refractivity contribution < 1.29 is 24.0 Å². The normalized spacial score (nSPS) is 22.3. The predicted molar refractivity (Wildman–Crippen MR) is 123 cm³/mol. The molecule has 4 rings (SSSR count). The van der Waals surface area contributed by atoms with E-state index in [1.165, 1.54) is 4.90 Å². The Bertz CT molecular complexity index is 832. The summed E-state index contributed by atoms with van der Waals surface area (Å²) < 4.78 is 11.3. The lowest BCUT2D eigenvalue weighted by Gasteiger charge is -2.28. The molecule has 1 N–H and O–H groups in total. The third kappa shape index (κ3) is 5.75. The second-order valence-corrected chi connectivity index (χ2v) is 9.12. The van der Waals surface area contributed by atoms with E-state index in [9.17, 15) is 9.59 Å². The monoisotopic (exact) mass is 437 g/mol. The van der Waals surface area contributed by atoms with E-state index in [1.807, 2.05) is 24.3 Å². The Morgan fingerprint density at radius 3 is 1.59 bits per heavy atom. The quantitative estimate of drug-likeness (QED) is 0.728. The first-order chi connectivity index (χ1) is 15.5. The minimum absolute atomic E-state index is 0.00133. The first-order valence-corrected chi connectivity index (χ1v) is 11.6. The summed E-state index contributed by atoms with van der Waals surface area (Å²) in [5, 5.41) is 0. The molecule has 0 bridgehead atoms. The van der Waals surface area contributed by atoms with Gasteiger partial charge in [-0.25, -0.2) is 9.59 Å². The molecule has 2 saturated heterocycles. The van der Waals surface area contributed by atoms with Crippen LogP contribution in [0.2, 0.25) is 0 Å². The van der Waals surface area contributed by atoms with Crippen LogP contribution in [0.4, 0.5) is 0 Å². The lowest BCUT2D eigenvalue weighted by atomic mass is 10.0. The van der Waals surface area contributed by atoms with Gasteiger partial charge in [-0.3, -0.25) is 0 Å². The summed E-state index contributed by atoms with van der Waals surface area (Å²) in [6.45, 7) is 4.00. The fourth-order valence-corrected chi connectivity index (χ4v) is 4.34. The first-order valence-electron chi connectivity index (χ1n) is 11.6. The van der Waals surface area contributed by atoms with Crippen LogP contribution in [0.1, 0.15) is 46.4 Å². The summed E-state index contributed by atoms with van der Waals surface area (Å²) >= 11 is 0. The summed E-state index contributed by atoms with van der Waals surface area (Å²) in [6.07, 6.45) is 3.63. The number of piperidine rings is 2. The largest absolute Gasteiger partial charge is 0.459 e. The van der Waals surface area contributed by atoms with Crippen molar-refractivity contribution in [1.29, 1.82) is 0 Å². The zero-order valence-corrected chi connectivity index (χ0v) is 19.0. The van der Waals surface area contributed by atoms with Crippen LogP contribution in [0.5, 0.6) is 0 Å². The zero-order valence-electron chi connectivity index (χ0n) is 19.0. The minimum atomic E-state index is -0.264. The number of ether oxygens (including phenoxy) is 2. The van der Waals surface area contributed by atoms with Crippen molar-refractivity contribution in [3.05, 3.63) is 59.7 Å². The molecule has 0 atom stereocenters. The van der Waals surface area contributed by atoms with Crippen molar-refractivity contribution >= 4 is 11.9 Å². The fraction of sp³-hybridized carbons (Fsp3) is 0.462. The number of esters is 2. The smallest absolute Gasteiger partial charge is 0.338 e. The van der Waals surface area contributed by atoms with E-state index in [1.54, 1.807) is 24.3 Å². The molecule has 2 aliphatic heterocycles. The molecular formula is C26H33N2O4+. The van der Waals surface area contributed by atoms with E-state index in [4.69, 9.17) is 9.47 Å². The fourth-order valence-electron chi connectivity index (χ4n) is 4.34. The SMILES string of the molecule is CN1CCC(OC(=O)c2ccc(-c3ccc(C(=O)OC4CC[NH+](C)CC4)cc3)cc2)CC1. The highest BCUT2D eigenvalue weighted by atomic mass is 16.5. The van der Waals surface area contributed by atoms with Crippen LogP contribution in [-0.2, 0) is 9.47 Å². The lowest BCUT2D eigenvalue weighted by Crippen LogP contribution is -3.10. The number of carbonyl (C=O) groups excluding carboxylic acids is 2. The van der Waals surface area contributed by atoms with Gasteiger partial charge >= 0.3 is 11.9 Å². The topological polar surface area (TPSA) is 60.3 Å². The Hall–Kier alpha value is -2.70. The van der Waals surface area contributed by atoms with Crippen molar-refractivity contribution in [3.63, 3.8) is 0 Å². The van der Waals surface area contributed by atoms with Crippen LogP contribution < -0.4 is 4.90 Å². The van der Waals surface area contributed by atoms with Crippen LogP contribution >= 0.6 is 0 Å². The van der Waals surface area contributed by atoms with Gasteiger partial charge in [0, 0.05) is 25.9 Å². The molecule has 0 amide bonds. The van der Waals surface area contributed by atoms with Gasteiger partial charge in [-0.05, 0) is 55.3 Å². The van der Waals surface area contributed by atoms with Crippen LogP contribution in [0.3, 0.4) is 0 Å². The molecule has 0 radical (unpaired) electrons. The van der Waals surface area contributed by atoms with Gasteiger partial charge in [0.15, 0.2) is 0 Å². The molecule has 2 heterocycles. The first kappa shape index (κ1) is 22.5. The maximum Gasteiger partial charge on any atom is 0.338 e. The second-order valence-electron chi connectivity index (χ2n) is 9.12. The molecule has 2 fully saturated rings. The molecule has 0 aliphatic carbocycles. The van der Waals surface area contributed by atoms with Gasteiger partial charge in [0.1, 0.15) is 12.2 Å². The summed E-state index contributed by atoms with van der Waals surface area (Å²) in [4.78, 5) is 28.7. The Morgan fingerprint density at radius 2 is 1.16 bits per heavy atom. The second kappa shape index (κ2) is 10.3. The molecule has 6 nitrogen and oxygen atoms in total. The van der Waals surface area contributed by atoms with Gasteiger partial charge in [0.25, 0.3) is 0 Å². The number of nitrogens with zero attached hydrogens (tertiary/aromatic N) is 1. The average Bonchev–Trinajstić information content (AvgIpc) is 2.82. The summed E-state index contributed by atoms with van der Waals surface area (Å²) in [6, 6.07) is 14.9. The van der Waals surface area contributed by atoms with Crippen molar-refractivity contribution in [1.82, 2.24) is 4.90 Å². The molecule has 0 unspecified atom stereocenters. The zero-order chi connectivity index (χ0) is 22.5. The molecule has 0 saturated carbocycles. The molecule has 0 aromatic heterocycles. The van der Waals surface area contributed by atoms with Gasteiger partial charge in [0.05, 0.1) is 31.3 Å². The van der Waals surface area contributed by atoms with E-state index < -0.39 is 0 Å². The van der Waals surface area contributed by atoms with Gasteiger partial charge < -0.3 is 19.3 Å². The third-order valence-corrected chi connectivity index (χ3v) is 6.57. The number of hydrogen-bond acceptors (Lipinski definition) is 5. The summed E-state index contributed by atoms with van der Waals surface area (Å²) in [5.74, 6) is -0.521. The molecule has 0 spiro atoms. The van der Waals surface area contributed by atoms with Crippen LogP contribution in [-0.4, -0.2) is 69.3 Å². The van der Waals surface area contributed by atoms with E-state index >= 15 is 0 Å². The molecule has 2 aromatic carbocycles. The van der Waals surface area contributed by atoms with Crippen molar-refractivity contribution in [2.45, 2.75) is 37.9 Å². The highest BCUT2D eigenvalue weighted by molar-refractivity contribution is 5.91. The lowest BCUT2D eigenvalue weighted by molar-refractivity contribution is -0.885. The number of rotatable bonds is 5. The molecule has 6 heteroatoms. The highest BCUT2D eigenvalue weighted by Gasteiger charge is 2.23. The van der Waals surface area contributed by atoms with Crippen molar-refractivity contribution in [2.75, 3.05) is 40.3 Å². The Balaban J connectivity index is 1.32. The van der Waals surface area contributed by atoms with Crippen molar-refractivity contribution in [2.24, 2.45) is 0 Å². The van der Waals surface area contributed by atoms with Gasteiger partial charge in [-0.1, -0.05) is 24.3 Å². The standard InChI is InChI=1S/C26H32N2O4/c1-27-15-11-23(12-16-27)31-25(29)21-7-3-19(4-8-21)20-5-9-22(10-6-20)26(30)32-24-13-17-28(2)18-14-24/h3-10,23-24H,11-18H2,1-2H3/p+1. The minimum Gasteiger partial charge on any atom is -0.459 e. The highest BCUT2D eigenvalue weighted by Crippen LogP contribution is 2.22.